The number of benzene rings is 3. The molecule has 27 heavy (non-hydrogen) atoms. The molecule has 0 saturated heterocycles. The van der Waals surface area contributed by atoms with Crippen LogP contribution in [0.1, 0.15) is 18.4 Å². The number of fused-ring (bicyclic) bond motifs is 1. The van der Waals surface area contributed by atoms with Gasteiger partial charge in [0, 0.05) is 38.1 Å². The molecule has 0 aliphatic heterocycles. The monoisotopic (exact) mass is 362 g/mol. The summed E-state index contributed by atoms with van der Waals surface area (Å²) < 4.78 is 5.88. The molecular formula is C23H26N2O2. The predicted octanol–water partition coefficient (Wildman–Crippen LogP) is 4.38. The molecule has 140 valence electrons. The number of rotatable bonds is 8. The zero-order chi connectivity index (χ0) is 19.1. The van der Waals surface area contributed by atoms with Crippen LogP contribution < -0.4 is 15.0 Å². The summed E-state index contributed by atoms with van der Waals surface area (Å²) in [5.41, 5.74) is 2.25. The molecule has 0 unspecified atom stereocenters. The second-order valence-electron chi connectivity index (χ2n) is 6.77. The van der Waals surface area contributed by atoms with Gasteiger partial charge in [-0.2, -0.15) is 0 Å². The Morgan fingerprint density at radius 2 is 1.70 bits per heavy atom. The highest BCUT2D eigenvalue weighted by molar-refractivity contribution is 5.88. The van der Waals surface area contributed by atoms with Gasteiger partial charge in [-0.05, 0) is 35.6 Å². The molecule has 3 rings (SSSR count). The minimum absolute atomic E-state index is 0.0493. The lowest BCUT2D eigenvalue weighted by Gasteiger charge is -2.13. The van der Waals surface area contributed by atoms with Crippen LogP contribution in [0.15, 0.2) is 66.7 Å². The van der Waals surface area contributed by atoms with E-state index >= 15 is 0 Å². The second-order valence-corrected chi connectivity index (χ2v) is 6.77. The highest BCUT2D eigenvalue weighted by Crippen LogP contribution is 2.25. The summed E-state index contributed by atoms with van der Waals surface area (Å²) in [7, 11) is 4.02. The van der Waals surface area contributed by atoms with Gasteiger partial charge in [-0.15, -0.1) is 0 Å². The van der Waals surface area contributed by atoms with Gasteiger partial charge in [0.1, 0.15) is 5.75 Å². The average Bonchev–Trinajstić information content (AvgIpc) is 2.70. The number of amides is 1. The predicted molar refractivity (Wildman–Crippen MR) is 111 cm³/mol. The van der Waals surface area contributed by atoms with Gasteiger partial charge in [0.05, 0.1) is 6.61 Å². The van der Waals surface area contributed by atoms with Gasteiger partial charge >= 0.3 is 0 Å². The minimum atomic E-state index is 0.0493. The van der Waals surface area contributed by atoms with Crippen LogP contribution in [0.3, 0.4) is 0 Å². The molecule has 3 aromatic carbocycles. The van der Waals surface area contributed by atoms with Crippen LogP contribution in [-0.4, -0.2) is 26.6 Å². The van der Waals surface area contributed by atoms with Crippen LogP contribution in [0.2, 0.25) is 0 Å². The molecule has 0 aromatic heterocycles. The maximum absolute atomic E-state index is 12.0. The Morgan fingerprint density at radius 3 is 2.48 bits per heavy atom. The van der Waals surface area contributed by atoms with Crippen LogP contribution >= 0.6 is 0 Å². The highest BCUT2D eigenvalue weighted by atomic mass is 16.5. The summed E-state index contributed by atoms with van der Waals surface area (Å²) in [5, 5.41) is 5.23. The normalized spacial score (nSPS) is 10.6. The Bertz CT molecular complexity index is 883. The van der Waals surface area contributed by atoms with E-state index in [4.69, 9.17) is 4.74 Å². The van der Waals surface area contributed by atoms with E-state index in [0.29, 0.717) is 26.0 Å². The smallest absolute Gasteiger partial charge is 0.220 e. The summed E-state index contributed by atoms with van der Waals surface area (Å²) in [6, 6.07) is 22.4. The number of carbonyl (C=O) groups excluding carboxylic acids is 1. The summed E-state index contributed by atoms with van der Waals surface area (Å²) >= 11 is 0. The zero-order valence-corrected chi connectivity index (χ0v) is 15.9. The van der Waals surface area contributed by atoms with Gasteiger partial charge in [-0.25, -0.2) is 0 Å². The third-order valence-corrected chi connectivity index (χ3v) is 4.50. The van der Waals surface area contributed by atoms with Crippen molar-refractivity contribution in [3.63, 3.8) is 0 Å². The Balaban J connectivity index is 1.40. The molecular weight excluding hydrogens is 336 g/mol. The Labute approximate surface area is 160 Å². The Kier molecular flexibility index (Phi) is 6.31. The average molecular weight is 362 g/mol. The Hall–Kier alpha value is -3.01. The number of nitrogens with one attached hydrogen (secondary N) is 1. The number of carbonyl (C=O) groups is 1. The molecule has 1 amide bonds. The van der Waals surface area contributed by atoms with Crippen molar-refractivity contribution in [2.24, 2.45) is 0 Å². The molecule has 0 bridgehead atoms. The Morgan fingerprint density at radius 1 is 0.963 bits per heavy atom. The maximum Gasteiger partial charge on any atom is 0.220 e. The van der Waals surface area contributed by atoms with Gasteiger partial charge in [0.15, 0.2) is 0 Å². The largest absolute Gasteiger partial charge is 0.493 e. The van der Waals surface area contributed by atoms with Gasteiger partial charge in [0.2, 0.25) is 5.91 Å². The quantitative estimate of drug-likeness (QED) is 0.605. The molecule has 0 fully saturated rings. The van der Waals surface area contributed by atoms with Gasteiger partial charge in [-0.3, -0.25) is 4.79 Å². The van der Waals surface area contributed by atoms with Crippen molar-refractivity contribution < 1.29 is 9.53 Å². The first-order valence-electron chi connectivity index (χ1n) is 9.27. The molecule has 0 radical (unpaired) electrons. The zero-order valence-electron chi connectivity index (χ0n) is 15.9. The maximum atomic E-state index is 12.0. The molecule has 4 nitrogen and oxygen atoms in total. The molecule has 0 heterocycles. The van der Waals surface area contributed by atoms with Crippen LogP contribution in [0, 0.1) is 0 Å². The summed E-state index contributed by atoms with van der Waals surface area (Å²) in [4.78, 5) is 14.1. The lowest BCUT2D eigenvalue weighted by atomic mass is 10.1. The van der Waals surface area contributed by atoms with E-state index in [0.717, 1.165) is 27.8 Å². The van der Waals surface area contributed by atoms with E-state index in [2.05, 4.69) is 40.5 Å². The van der Waals surface area contributed by atoms with E-state index in [9.17, 15) is 4.79 Å². The van der Waals surface area contributed by atoms with Crippen LogP contribution in [0.5, 0.6) is 5.75 Å². The first-order valence-corrected chi connectivity index (χ1v) is 9.27. The van der Waals surface area contributed by atoms with Crippen molar-refractivity contribution >= 4 is 22.4 Å². The fraction of sp³-hybridized carbons (Fsp3) is 0.261. The van der Waals surface area contributed by atoms with E-state index in [-0.39, 0.29) is 5.91 Å². The number of hydrogen-bond acceptors (Lipinski definition) is 3. The molecule has 0 saturated carbocycles. The molecule has 0 spiro atoms. The fourth-order valence-electron chi connectivity index (χ4n) is 2.94. The standard InChI is InChI=1S/C23H26N2O2/c1-25(2)20-14-12-18(13-15-20)17-24-23(26)11-6-16-27-22-10-5-8-19-7-3-4-9-21(19)22/h3-5,7-10,12-15H,6,11,16-17H2,1-2H3,(H,24,26). The van der Waals surface area contributed by atoms with E-state index in [1.807, 2.05) is 50.5 Å². The number of nitrogens with zero attached hydrogens (tertiary/aromatic N) is 1. The summed E-state index contributed by atoms with van der Waals surface area (Å²) in [6.45, 7) is 1.08. The van der Waals surface area contributed by atoms with E-state index in [1.165, 1.54) is 0 Å². The van der Waals surface area contributed by atoms with Crippen molar-refractivity contribution in [1.29, 1.82) is 0 Å². The summed E-state index contributed by atoms with van der Waals surface area (Å²) in [6.07, 6.45) is 1.15. The second kappa shape index (κ2) is 9.08. The molecule has 3 aromatic rings. The fourth-order valence-corrected chi connectivity index (χ4v) is 2.94. The summed E-state index contributed by atoms with van der Waals surface area (Å²) in [5.74, 6) is 0.919. The molecule has 0 aliphatic carbocycles. The van der Waals surface area contributed by atoms with E-state index < -0.39 is 0 Å². The lowest BCUT2D eigenvalue weighted by molar-refractivity contribution is -0.121. The highest BCUT2D eigenvalue weighted by Gasteiger charge is 2.04. The first kappa shape index (κ1) is 18.8. The van der Waals surface area contributed by atoms with Crippen LogP contribution in [0.4, 0.5) is 5.69 Å². The van der Waals surface area contributed by atoms with Gasteiger partial charge < -0.3 is 15.0 Å². The number of hydrogen-bond donors (Lipinski definition) is 1. The third-order valence-electron chi connectivity index (χ3n) is 4.50. The van der Waals surface area contributed by atoms with Crippen LogP contribution in [0.25, 0.3) is 10.8 Å². The van der Waals surface area contributed by atoms with Crippen molar-refractivity contribution in [2.75, 3.05) is 25.6 Å². The number of ether oxygens (including phenoxy) is 1. The number of anilines is 1. The van der Waals surface area contributed by atoms with Crippen molar-refractivity contribution in [1.82, 2.24) is 5.32 Å². The van der Waals surface area contributed by atoms with E-state index in [1.54, 1.807) is 0 Å². The molecule has 0 atom stereocenters. The first-order chi connectivity index (χ1) is 13.1. The van der Waals surface area contributed by atoms with Gasteiger partial charge in [-0.1, -0.05) is 48.5 Å². The minimum Gasteiger partial charge on any atom is -0.493 e. The van der Waals surface area contributed by atoms with Crippen molar-refractivity contribution in [3.8, 4) is 5.75 Å². The van der Waals surface area contributed by atoms with Crippen LogP contribution in [-0.2, 0) is 11.3 Å². The van der Waals surface area contributed by atoms with Crippen molar-refractivity contribution in [2.45, 2.75) is 19.4 Å². The van der Waals surface area contributed by atoms with Gasteiger partial charge in [0.25, 0.3) is 0 Å². The molecule has 0 aliphatic rings. The molecule has 4 heteroatoms. The van der Waals surface area contributed by atoms with Crippen molar-refractivity contribution in [3.05, 3.63) is 72.3 Å². The lowest BCUT2D eigenvalue weighted by Crippen LogP contribution is -2.23. The molecule has 1 N–H and O–H groups in total. The SMILES string of the molecule is CN(C)c1ccc(CNC(=O)CCCOc2cccc3ccccc23)cc1. The third kappa shape index (κ3) is 5.23. The topological polar surface area (TPSA) is 41.6 Å².